The normalized spacial score (nSPS) is 17.7. The van der Waals surface area contributed by atoms with Crippen LogP contribution in [0.2, 0.25) is 0 Å². The Hall–Kier alpha value is -1.35. The van der Waals surface area contributed by atoms with Crippen LogP contribution in [0, 0.1) is 5.92 Å². The van der Waals surface area contributed by atoms with Crippen molar-refractivity contribution in [3.8, 4) is 0 Å². The number of rotatable bonds is 3. The number of aromatic nitrogens is 2. The van der Waals surface area contributed by atoms with Crippen LogP contribution in [0.3, 0.4) is 0 Å². The Morgan fingerprint density at radius 3 is 2.75 bits per heavy atom. The summed E-state index contributed by atoms with van der Waals surface area (Å²) >= 11 is 6.03. The molecule has 20 heavy (non-hydrogen) atoms. The van der Waals surface area contributed by atoms with Gasteiger partial charge >= 0.3 is 0 Å². The monoisotopic (exact) mass is 290 g/mol. The van der Waals surface area contributed by atoms with Gasteiger partial charge in [0.15, 0.2) is 0 Å². The molecule has 0 bridgehead atoms. The minimum Gasteiger partial charge on any atom is -0.292 e. The van der Waals surface area contributed by atoms with E-state index in [0.717, 1.165) is 5.52 Å². The number of hydrogen-bond acceptors (Lipinski definition) is 2. The van der Waals surface area contributed by atoms with E-state index in [9.17, 15) is 4.79 Å². The Kier molecular flexibility index (Phi) is 3.79. The second-order valence-electron chi connectivity index (χ2n) is 5.64. The summed E-state index contributed by atoms with van der Waals surface area (Å²) in [6, 6.07) is 7.68. The Labute approximate surface area is 123 Å². The van der Waals surface area contributed by atoms with Crippen molar-refractivity contribution in [2.75, 3.05) is 0 Å². The molecule has 3 rings (SSSR count). The summed E-state index contributed by atoms with van der Waals surface area (Å²) in [7, 11) is 0. The first kappa shape index (κ1) is 13.6. The molecule has 0 aliphatic heterocycles. The second kappa shape index (κ2) is 5.57. The minimum absolute atomic E-state index is 0.0469. The summed E-state index contributed by atoms with van der Waals surface area (Å²) in [6.45, 7) is 2.13. The Morgan fingerprint density at radius 2 is 2.05 bits per heavy atom. The van der Waals surface area contributed by atoms with E-state index in [1.54, 1.807) is 0 Å². The molecule has 1 aromatic heterocycles. The summed E-state index contributed by atoms with van der Waals surface area (Å²) in [5.74, 6) is 1.53. The number of nitrogens with zero attached hydrogens (tertiary/aromatic N) is 2. The standard InChI is InChI=1S/C16H19ClN2O/c1-11(12-6-2-3-7-12)19-15(10-17)18-14-9-5-4-8-13(14)16(19)20/h4-5,8-9,11-12H,2-3,6-7,10H2,1H3. The molecule has 0 amide bonds. The topological polar surface area (TPSA) is 34.9 Å². The molecule has 1 saturated carbocycles. The fourth-order valence-electron chi connectivity index (χ4n) is 3.36. The number of fused-ring (bicyclic) bond motifs is 1. The maximum absolute atomic E-state index is 12.8. The molecule has 1 atom stereocenters. The van der Waals surface area contributed by atoms with E-state index in [1.807, 2.05) is 28.8 Å². The van der Waals surface area contributed by atoms with Gasteiger partial charge in [0.05, 0.1) is 16.8 Å². The summed E-state index contributed by atoms with van der Waals surface area (Å²) in [6.07, 6.45) is 4.92. The van der Waals surface area contributed by atoms with Crippen LogP contribution in [0.4, 0.5) is 0 Å². The highest BCUT2D eigenvalue weighted by molar-refractivity contribution is 6.16. The van der Waals surface area contributed by atoms with Crippen LogP contribution in [0.5, 0.6) is 0 Å². The van der Waals surface area contributed by atoms with Crippen molar-refractivity contribution >= 4 is 22.5 Å². The van der Waals surface area contributed by atoms with Crippen LogP contribution in [-0.2, 0) is 5.88 Å². The van der Waals surface area contributed by atoms with Crippen molar-refractivity contribution in [1.29, 1.82) is 0 Å². The quantitative estimate of drug-likeness (QED) is 0.804. The largest absolute Gasteiger partial charge is 0.292 e. The van der Waals surface area contributed by atoms with E-state index < -0.39 is 0 Å². The Bertz CT molecular complexity index is 674. The molecule has 2 aromatic rings. The maximum atomic E-state index is 12.8. The molecule has 3 nitrogen and oxygen atoms in total. The van der Waals surface area contributed by atoms with Crippen molar-refractivity contribution in [1.82, 2.24) is 9.55 Å². The van der Waals surface area contributed by atoms with Crippen LogP contribution in [0.1, 0.15) is 44.5 Å². The molecule has 0 radical (unpaired) electrons. The fraction of sp³-hybridized carbons (Fsp3) is 0.500. The summed E-state index contributed by atoms with van der Waals surface area (Å²) in [4.78, 5) is 17.3. The van der Waals surface area contributed by atoms with E-state index in [-0.39, 0.29) is 17.5 Å². The number of alkyl halides is 1. The van der Waals surface area contributed by atoms with Crippen LogP contribution >= 0.6 is 11.6 Å². The Morgan fingerprint density at radius 1 is 1.35 bits per heavy atom. The molecular formula is C16H19ClN2O. The summed E-state index contributed by atoms with van der Waals surface area (Å²) < 4.78 is 1.82. The Balaban J connectivity index is 2.17. The molecule has 0 spiro atoms. The highest BCUT2D eigenvalue weighted by Gasteiger charge is 2.25. The van der Waals surface area contributed by atoms with Gasteiger partial charge in [0.1, 0.15) is 5.82 Å². The second-order valence-corrected chi connectivity index (χ2v) is 5.91. The molecule has 1 unspecified atom stereocenters. The predicted octanol–water partition coefficient (Wildman–Crippen LogP) is 3.89. The van der Waals surface area contributed by atoms with Crippen LogP contribution in [-0.4, -0.2) is 9.55 Å². The third-order valence-corrected chi connectivity index (χ3v) is 4.73. The number of halogens is 1. The van der Waals surface area contributed by atoms with Crippen molar-refractivity contribution < 1.29 is 0 Å². The van der Waals surface area contributed by atoms with E-state index >= 15 is 0 Å². The van der Waals surface area contributed by atoms with Gasteiger partial charge in [-0.25, -0.2) is 4.98 Å². The van der Waals surface area contributed by atoms with Gasteiger partial charge in [-0.15, -0.1) is 11.6 Å². The highest BCUT2D eigenvalue weighted by Crippen LogP contribution is 2.34. The average molecular weight is 291 g/mol. The molecule has 0 saturated heterocycles. The smallest absolute Gasteiger partial charge is 0.261 e. The van der Waals surface area contributed by atoms with E-state index in [4.69, 9.17) is 11.6 Å². The third-order valence-electron chi connectivity index (χ3n) is 4.49. The zero-order chi connectivity index (χ0) is 14.1. The van der Waals surface area contributed by atoms with Gasteiger partial charge in [0.2, 0.25) is 0 Å². The van der Waals surface area contributed by atoms with Gasteiger partial charge in [-0.1, -0.05) is 25.0 Å². The summed E-state index contributed by atoms with van der Waals surface area (Å²) in [5, 5.41) is 0.686. The van der Waals surface area contributed by atoms with Gasteiger partial charge in [-0.2, -0.15) is 0 Å². The predicted molar refractivity (Wildman–Crippen MR) is 82.2 cm³/mol. The average Bonchev–Trinajstić information content (AvgIpc) is 3.00. The molecule has 0 N–H and O–H groups in total. The number of hydrogen-bond donors (Lipinski definition) is 0. The SMILES string of the molecule is CC(C1CCCC1)n1c(CCl)nc2ccccc2c1=O. The zero-order valence-electron chi connectivity index (χ0n) is 11.7. The van der Waals surface area contributed by atoms with Crippen molar-refractivity contribution in [3.63, 3.8) is 0 Å². The lowest BCUT2D eigenvalue weighted by Crippen LogP contribution is -2.30. The maximum Gasteiger partial charge on any atom is 0.261 e. The molecular weight excluding hydrogens is 272 g/mol. The number of benzene rings is 1. The van der Waals surface area contributed by atoms with Gasteiger partial charge in [0.25, 0.3) is 5.56 Å². The molecule has 4 heteroatoms. The zero-order valence-corrected chi connectivity index (χ0v) is 12.4. The van der Waals surface area contributed by atoms with E-state index in [1.165, 1.54) is 25.7 Å². The molecule has 1 aromatic carbocycles. The first-order valence-corrected chi connectivity index (χ1v) is 7.82. The van der Waals surface area contributed by atoms with E-state index in [0.29, 0.717) is 17.1 Å². The highest BCUT2D eigenvalue weighted by atomic mass is 35.5. The van der Waals surface area contributed by atoms with Gasteiger partial charge in [0, 0.05) is 6.04 Å². The lowest BCUT2D eigenvalue weighted by atomic mass is 9.99. The fourth-order valence-corrected chi connectivity index (χ4v) is 3.55. The number of para-hydroxylation sites is 1. The van der Waals surface area contributed by atoms with Gasteiger partial charge < -0.3 is 0 Å². The van der Waals surface area contributed by atoms with Crippen LogP contribution in [0.25, 0.3) is 10.9 Å². The van der Waals surface area contributed by atoms with Crippen LogP contribution < -0.4 is 5.56 Å². The van der Waals surface area contributed by atoms with Gasteiger partial charge in [-0.05, 0) is 37.8 Å². The first-order valence-electron chi connectivity index (χ1n) is 7.28. The summed E-state index contributed by atoms with van der Waals surface area (Å²) in [5.41, 5.74) is 0.786. The van der Waals surface area contributed by atoms with Crippen molar-refractivity contribution in [2.45, 2.75) is 44.5 Å². The van der Waals surface area contributed by atoms with Crippen molar-refractivity contribution in [2.24, 2.45) is 5.92 Å². The molecule has 106 valence electrons. The first-order chi connectivity index (χ1) is 9.72. The molecule has 1 aliphatic carbocycles. The van der Waals surface area contributed by atoms with Crippen molar-refractivity contribution in [3.05, 3.63) is 40.4 Å². The van der Waals surface area contributed by atoms with Crippen LogP contribution in [0.15, 0.2) is 29.1 Å². The van der Waals surface area contributed by atoms with Gasteiger partial charge in [-0.3, -0.25) is 9.36 Å². The third kappa shape index (κ3) is 2.24. The lowest BCUT2D eigenvalue weighted by molar-refractivity contribution is 0.345. The van der Waals surface area contributed by atoms with E-state index in [2.05, 4.69) is 11.9 Å². The molecule has 1 heterocycles. The minimum atomic E-state index is 0.0469. The lowest BCUT2D eigenvalue weighted by Gasteiger charge is -2.24. The molecule has 1 aliphatic rings. The molecule has 1 fully saturated rings.